The first kappa shape index (κ1) is 16.6. The minimum absolute atomic E-state index is 0.273. The largest absolute Gasteiger partial charge is 0.486 e. The summed E-state index contributed by atoms with van der Waals surface area (Å²) in [5.41, 5.74) is 3.43. The van der Waals surface area contributed by atoms with Crippen molar-refractivity contribution < 1.29 is 14.3 Å². The molecule has 5 rings (SSSR count). The maximum absolute atomic E-state index is 12.5. The molecule has 0 spiro atoms. The van der Waals surface area contributed by atoms with Crippen LogP contribution >= 0.6 is 0 Å². The summed E-state index contributed by atoms with van der Waals surface area (Å²) in [4.78, 5) is 23.4. The molecule has 0 atom stereocenters. The van der Waals surface area contributed by atoms with Gasteiger partial charge in [-0.25, -0.2) is 9.97 Å². The van der Waals surface area contributed by atoms with E-state index in [1.54, 1.807) is 30.6 Å². The Hall–Kier alpha value is -3.61. The molecule has 0 saturated carbocycles. The normalized spacial score (nSPS) is 14.5. The average molecular weight is 374 g/mol. The van der Waals surface area contributed by atoms with Crippen molar-refractivity contribution in [1.29, 1.82) is 0 Å². The van der Waals surface area contributed by atoms with E-state index >= 15 is 0 Å². The standard InChI is InChI=1S/C21H18N4O3/c26-20(24-16-5-6-18-19(11-16)28-10-9-27-18)15-12-22-21(23-13-15)25-8-7-14-3-1-2-4-17(14)25/h1-6,11-13H,7-10H2,(H,24,26). The van der Waals surface area contributed by atoms with Gasteiger partial charge in [0.15, 0.2) is 11.5 Å². The average Bonchev–Trinajstić information content (AvgIpc) is 3.18. The Kier molecular flexibility index (Phi) is 4.05. The topological polar surface area (TPSA) is 76.6 Å². The van der Waals surface area contributed by atoms with Gasteiger partial charge in [0.25, 0.3) is 5.91 Å². The van der Waals surface area contributed by atoms with Crippen molar-refractivity contribution in [3.05, 3.63) is 66.0 Å². The highest BCUT2D eigenvalue weighted by Gasteiger charge is 2.22. The molecular weight excluding hydrogens is 356 g/mol. The number of benzene rings is 2. The summed E-state index contributed by atoms with van der Waals surface area (Å²) in [5, 5.41) is 2.84. The predicted molar refractivity (Wildman–Crippen MR) is 105 cm³/mol. The van der Waals surface area contributed by atoms with Crippen LogP contribution in [-0.2, 0) is 6.42 Å². The molecule has 3 aromatic rings. The fourth-order valence-corrected chi connectivity index (χ4v) is 3.45. The first-order valence-electron chi connectivity index (χ1n) is 9.16. The molecule has 28 heavy (non-hydrogen) atoms. The lowest BCUT2D eigenvalue weighted by Gasteiger charge is -2.19. The van der Waals surface area contributed by atoms with Crippen LogP contribution in [0, 0.1) is 0 Å². The zero-order chi connectivity index (χ0) is 18.9. The van der Waals surface area contributed by atoms with Gasteiger partial charge in [-0.1, -0.05) is 18.2 Å². The molecule has 0 fully saturated rings. The second-order valence-corrected chi connectivity index (χ2v) is 6.61. The van der Waals surface area contributed by atoms with E-state index in [-0.39, 0.29) is 5.91 Å². The number of rotatable bonds is 3. The van der Waals surface area contributed by atoms with Crippen molar-refractivity contribution in [1.82, 2.24) is 9.97 Å². The van der Waals surface area contributed by atoms with Crippen LogP contribution in [0.15, 0.2) is 54.9 Å². The number of aromatic nitrogens is 2. The summed E-state index contributed by atoms with van der Waals surface area (Å²) in [6.07, 6.45) is 4.07. The van der Waals surface area contributed by atoms with E-state index in [4.69, 9.17) is 9.47 Å². The molecule has 0 bridgehead atoms. The molecule has 7 heteroatoms. The predicted octanol–water partition coefficient (Wildman–Crippen LogP) is 3.19. The van der Waals surface area contributed by atoms with Crippen LogP contribution in [0.25, 0.3) is 0 Å². The van der Waals surface area contributed by atoms with E-state index in [9.17, 15) is 4.79 Å². The molecule has 7 nitrogen and oxygen atoms in total. The number of anilines is 3. The fraction of sp³-hybridized carbons (Fsp3) is 0.190. The Bertz CT molecular complexity index is 1040. The Labute approximate surface area is 161 Å². The van der Waals surface area contributed by atoms with Crippen LogP contribution in [0.2, 0.25) is 0 Å². The molecule has 1 aromatic heterocycles. The zero-order valence-corrected chi connectivity index (χ0v) is 15.1. The number of nitrogens with zero attached hydrogens (tertiary/aromatic N) is 3. The highest BCUT2D eigenvalue weighted by atomic mass is 16.6. The number of nitrogens with one attached hydrogen (secondary N) is 1. The lowest BCUT2D eigenvalue weighted by Crippen LogP contribution is -2.18. The molecule has 1 N–H and O–H groups in total. The number of para-hydroxylation sites is 1. The van der Waals surface area contributed by atoms with Gasteiger partial charge in [-0.3, -0.25) is 4.79 Å². The maximum Gasteiger partial charge on any atom is 0.258 e. The third kappa shape index (κ3) is 3.00. The summed E-state index contributed by atoms with van der Waals surface area (Å²) in [5.74, 6) is 1.64. The lowest BCUT2D eigenvalue weighted by atomic mass is 10.2. The molecule has 0 radical (unpaired) electrons. The fourth-order valence-electron chi connectivity index (χ4n) is 3.45. The Morgan fingerprint density at radius 2 is 1.79 bits per heavy atom. The molecule has 1 amide bonds. The summed E-state index contributed by atoms with van der Waals surface area (Å²) in [7, 11) is 0. The number of hydrogen-bond donors (Lipinski definition) is 1. The number of hydrogen-bond acceptors (Lipinski definition) is 6. The molecular formula is C21H18N4O3. The van der Waals surface area contributed by atoms with Crippen molar-refractivity contribution >= 4 is 23.2 Å². The van der Waals surface area contributed by atoms with Gasteiger partial charge in [0, 0.05) is 36.4 Å². The molecule has 3 heterocycles. The summed E-state index contributed by atoms with van der Waals surface area (Å²) >= 11 is 0. The van der Waals surface area contributed by atoms with E-state index in [0.717, 1.165) is 18.7 Å². The number of amides is 1. The lowest BCUT2D eigenvalue weighted by molar-refractivity contribution is 0.102. The monoisotopic (exact) mass is 374 g/mol. The highest BCUT2D eigenvalue weighted by Crippen LogP contribution is 2.33. The molecule has 0 unspecified atom stereocenters. The van der Waals surface area contributed by atoms with Gasteiger partial charge in [-0.2, -0.15) is 0 Å². The minimum Gasteiger partial charge on any atom is -0.486 e. The Morgan fingerprint density at radius 3 is 2.64 bits per heavy atom. The summed E-state index contributed by atoms with van der Waals surface area (Å²) in [6.45, 7) is 1.87. The number of carbonyl (C=O) groups is 1. The quantitative estimate of drug-likeness (QED) is 0.759. The van der Waals surface area contributed by atoms with Gasteiger partial charge in [0.1, 0.15) is 13.2 Å². The molecule has 2 aromatic carbocycles. The first-order chi connectivity index (χ1) is 13.8. The Balaban J connectivity index is 1.31. The van der Waals surface area contributed by atoms with Crippen LogP contribution in [0.4, 0.5) is 17.3 Å². The van der Waals surface area contributed by atoms with E-state index in [2.05, 4.69) is 32.3 Å². The summed E-state index contributed by atoms with van der Waals surface area (Å²) in [6, 6.07) is 13.5. The van der Waals surface area contributed by atoms with Crippen molar-refractivity contribution in [3.8, 4) is 11.5 Å². The first-order valence-corrected chi connectivity index (χ1v) is 9.16. The zero-order valence-electron chi connectivity index (χ0n) is 15.1. The van der Waals surface area contributed by atoms with Gasteiger partial charge in [-0.05, 0) is 30.2 Å². The Morgan fingerprint density at radius 1 is 1.00 bits per heavy atom. The van der Waals surface area contributed by atoms with Crippen molar-refractivity contribution in [2.45, 2.75) is 6.42 Å². The van der Waals surface area contributed by atoms with Gasteiger partial charge in [0.2, 0.25) is 5.95 Å². The minimum atomic E-state index is -0.273. The van der Waals surface area contributed by atoms with Crippen molar-refractivity contribution in [2.24, 2.45) is 0 Å². The van der Waals surface area contributed by atoms with Gasteiger partial charge < -0.3 is 19.7 Å². The van der Waals surface area contributed by atoms with Crippen LogP contribution in [-0.4, -0.2) is 35.6 Å². The molecule has 2 aliphatic heterocycles. The van der Waals surface area contributed by atoms with Crippen molar-refractivity contribution in [3.63, 3.8) is 0 Å². The number of fused-ring (bicyclic) bond motifs is 2. The van der Waals surface area contributed by atoms with Crippen LogP contribution in [0.3, 0.4) is 0 Å². The third-order valence-electron chi connectivity index (χ3n) is 4.83. The van der Waals surface area contributed by atoms with E-state index < -0.39 is 0 Å². The van der Waals surface area contributed by atoms with Gasteiger partial charge in [-0.15, -0.1) is 0 Å². The van der Waals surface area contributed by atoms with E-state index in [1.165, 1.54) is 5.56 Å². The second-order valence-electron chi connectivity index (χ2n) is 6.61. The smallest absolute Gasteiger partial charge is 0.258 e. The SMILES string of the molecule is O=C(Nc1ccc2c(c1)OCCO2)c1cnc(N2CCc3ccccc32)nc1. The van der Waals surface area contributed by atoms with E-state index in [0.29, 0.717) is 41.9 Å². The maximum atomic E-state index is 12.5. The van der Waals surface area contributed by atoms with Crippen LogP contribution in [0.5, 0.6) is 11.5 Å². The van der Waals surface area contributed by atoms with Gasteiger partial charge >= 0.3 is 0 Å². The molecule has 140 valence electrons. The van der Waals surface area contributed by atoms with Crippen molar-refractivity contribution in [2.75, 3.05) is 30.0 Å². The molecule has 2 aliphatic rings. The number of ether oxygens (including phenoxy) is 2. The van der Waals surface area contributed by atoms with Crippen LogP contribution in [0.1, 0.15) is 15.9 Å². The summed E-state index contributed by atoms with van der Waals surface area (Å²) < 4.78 is 11.0. The van der Waals surface area contributed by atoms with Gasteiger partial charge in [0.05, 0.1) is 5.56 Å². The van der Waals surface area contributed by atoms with Crippen LogP contribution < -0.4 is 19.7 Å². The molecule has 0 aliphatic carbocycles. The molecule has 0 saturated heterocycles. The second kappa shape index (κ2) is 6.84. The third-order valence-corrected chi connectivity index (χ3v) is 4.83. The highest BCUT2D eigenvalue weighted by molar-refractivity contribution is 6.04. The number of carbonyl (C=O) groups excluding carboxylic acids is 1. The van der Waals surface area contributed by atoms with E-state index in [1.807, 2.05) is 12.1 Å².